The fourth-order valence-electron chi connectivity index (χ4n) is 3.46. The van der Waals surface area contributed by atoms with Crippen molar-refractivity contribution in [2.75, 3.05) is 44.7 Å². The van der Waals surface area contributed by atoms with Crippen LogP contribution >= 0.6 is 0 Å². The molecule has 1 aromatic carbocycles. The lowest BCUT2D eigenvalue weighted by Gasteiger charge is -2.28. The van der Waals surface area contributed by atoms with E-state index in [9.17, 15) is 14.7 Å². The maximum atomic E-state index is 12.7. The second-order valence-corrected chi connectivity index (χ2v) is 6.87. The molecule has 2 aliphatic rings. The van der Waals surface area contributed by atoms with E-state index in [4.69, 9.17) is 10.5 Å². The van der Waals surface area contributed by atoms with Crippen LogP contribution in [0.15, 0.2) is 18.2 Å². The number of carbonyl (C=O) groups is 2. The summed E-state index contributed by atoms with van der Waals surface area (Å²) in [6, 6.07) is 4.83. The fourth-order valence-corrected chi connectivity index (χ4v) is 3.46. The van der Waals surface area contributed by atoms with Gasteiger partial charge in [-0.2, -0.15) is 0 Å². The molecule has 26 heavy (non-hydrogen) atoms. The third kappa shape index (κ3) is 4.14. The molecule has 3 amide bonds. The van der Waals surface area contributed by atoms with Gasteiger partial charge in [-0.15, -0.1) is 0 Å². The number of anilines is 1. The maximum Gasteiger partial charge on any atom is 0.321 e. The first kappa shape index (κ1) is 18.6. The van der Waals surface area contributed by atoms with Gasteiger partial charge in [0.25, 0.3) is 0 Å². The third-order valence-corrected chi connectivity index (χ3v) is 5.07. The van der Waals surface area contributed by atoms with Gasteiger partial charge in [-0.05, 0) is 31.0 Å². The average Bonchev–Trinajstić information content (AvgIpc) is 2.89. The summed E-state index contributed by atoms with van der Waals surface area (Å²) in [7, 11) is 0. The van der Waals surface area contributed by atoms with E-state index < -0.39 is 12.0 Å². The summed E-state index contributed by atoms with van der Waals surface area (Å²) >= 11 is 0. The lowest BCUT2D eigenvalue weighted by molar-refractivity contribution is 0.0845. The molecule has 2 saturated heterocycles. The minimum atomic E-state index is -0.525. The molecule has 2 aliphatic heterocycles. The quantitative estimate of drug-likeness (QED) is 0.721. The van der Waals surface area contributed by atoms with Gasteiger partial charge in [0.2, 0.25) is 5.91 Å². The van der Waals surface area contributed by atoms with Gasteiger partial charge in [-0.3, -0.25) is 9.69 Å². The van der Waals surface area contributed by atoms with E-state index in [-0.39, 0.29) is 12.1 Å². The van der Waals surface area contributed by atoms with Crippen LogP contribution in [-0.2, 0) is 4.74 Å². The molecule has 0 aromatic heterocycles. The molecule has 0 spiro atoms. The van der Waals surface area contributed by atoms with E-state index in [0.717, 1.165) is 18.5 Å². The molecule has 142 valence electrons. The summed E-state index contributed by atoms with van der Waals surface area (Å²) < 4.78 is 5.34. The number of nitrogens with two attached hydrogens (primary N) is 1. The van der Waals surface area contributed by atoms with Gasteiger partial charge in [0, 0.05) is 37.4 Å². The standard InChI is InChI=1S/C18H26N4O4/c1-12-3-4-13(17(19)24)9-14(12)20-18(25)22-6-2-5-21(7-8-22)15-10-26-11-16(15)23/h3-4,9,15-16,23H,2,5-8,10-11H2,1H3,(H2,19,24)(H,20,25)/t15-,16-/m1/s1. The van der Waals surface area contributed by atoms with E-state index in [1.54, 1.807) is 23.1 Å². The zero-order chi connectivity index (χ0) is 18.7. The zero-order valence-electron chi connectivity index (χ0n) is 15.0. The van der Waals surface area contributed by atoms with Crippen LogP contribution in [-0.4, -0.2) is 78.4 Å². The second-order valence-electron chi connectivity index (χ2n) is 6.87. The van der Waals surface area contributed by atoms with Crippen molar-refractivity contribution < 1.29 is 19.4 Å². The predicted octanol–water partition coefficient (Wildman–Crippen LogP) is 0.393. The van der Waals surface area contributed by atoms with Gasteiger partial charge in [-0.25, -0.2) is 4.79 Å². The number of ether oxygens (including phenoxy) is 1. The first-order valence-corrected chi connectivity index (χ1v) is 8.92. The van der Waals surface area contributed by atoms with Crippen molar-refractivity contribution in [2.45, 2.75) is 25.5 Å². The summed E-state index contributed by atoms with van der Waals surface area (Å²) in [6.07, 6.45) is 0.367. The van der Waals surface area contributed by atoms with Crippen LogP contribution in [0.25, 0.3) is 0 Å². The number of hydrogen-bond donors (Lipinski definition) is 3. The van der Waals surface area contributed by atoms with E-state index >= 15 is 0 Å². The van der Waals surface area contributed by atoms with Gasteiger partial charge < -0.3 is 25.8 Å². The molecule has 0 saturated carbocycles. The average molecular weight is 362 g/mol. The SMILES string of the molecule is Cc1ccc(C(N)=O)cc1NC(=O)N1CCCN([C@@H]2COC[C@H]2O)CC1. The maximum absolute atomic E-state index is 12.7. The molecule has 2 heterocycles. The van der Waals surface area contributed by atoms with Gasteiger partial charge >= 0.3 is 6.03 Å². The minimum Gasteiger partial charge on any atom is -0.389 e. The highest BCUT2D eigenvalue weighted by atomic mass is 16.5. The number of rotatable bonds is 3. The van der Waals surface area contributed by atoms with Gasteiger partial charge in [0.05, 0.1) is 25.4 Å². The van der Waals surface area contributed by atoms with Crippen molar-refractivity contribution in [3.63, 3.8) is 0 Å². The van der Waals surface area contributed by atoms with Crippen LogP contribution in [0.2, 0.25) is 0 Å². The molecular weight excluding hydrogens is 336 g/mol. The molecule has 0 unspecified atom stereocenters. The number of aliphatic hydroxyl groups is 1. The van der Waals surface area contributed by atoms with Crippen LogP contribution < -0.4 is 11.1 Å². The Morgan fingerprint density at radius 1 is 1.23 bits per heavy atom. The Labute approximate surface area is 152 Å². The van der Waals surface area contributed by atoms with Gasteiger partial charge in [-0.1, -0.05) is 6.07 Å². The summed E-state index contributed by atoms with van der Waals surface area (Å²) in [6.45, 7) is 5.51. The molecule has 0 aliphatic carbocycles. The lowest BCUT2D eigenvalue weighted by Crippen LogP contribution is -2.45. The number of amides is 3. The molecular formula is C18H26N4O4. The minimum absolute atomic E-state index is 0.00695. The summed E-state index contributed by atoms with van der Waals surface area (Å²) in [4.78, 5) is 28.0. The summed E-state index contributed by atoms with van der Waals surface area (Å²) in [5, 5.41) is 12.9. The summed E-state index contributed by atoms with van der Waals surface area (Å²) in [5.74, 6) is -0.525. The first-order valence-electron chi connectivity index (χ1n) is 8.92. The number of aliphatic hydroxyl groups excluding tert-OH is 1. The van der Waals surface area contributed by atoms with Gasteiger partial charge in [0.1, 0.15) is 0 Å². The van der Waals surface area contributed by atoms with Crippen LogP contribution in [0, 0.1) is 6.92 Å². The number of nitrogens with one attached hydrogen (secondary N) is 1. The van der Waals surface area contributed by atoms with E-state index in [1.807, 2.05) is 6.92 Å². The molecule has 0 bridgehead atoms. The van der Waals surface area contributed by atoms with Crippen molar-refractivity contribution >= 4 is 17.6 Å². The Bertz CT molecular complexity index is 681. The first-order chi connectivity index (χ1) is 12.5. The lowest BCUT2D eigenvalue weighted by atomic mass is 10.1. The van der Waals surface area contributed by atoms with Crippen LogP contribution in [0.4, 0.5) is 10.5 Å². The van der Waals surface area contributed by atoms with Crippen LogP contribution in [0.3, 0.4) is 0 Å². The molecule has 2 fully saturated rings. The van der Waals surface area contributed by atoms with Gasteiger partial charge in [0.15, 0.2) is 0 Å². The number of benzene rings is 1. The van der Waals surface area contributed by atoms with E-state index in [1.165, 1.54) is 0 Å². The zero-order valence-corrected chi connectivity index (χ0v) is 15.0. The molecule has 8 heteroatoms. The van der Waals surface area contributed by atoms with Crippen molar-refractivity contribution in [1.29, 1.82) is 0 Å². The highest BCUT2D eigenvalue weighted by Crippen LogP contribution is 2.19. The fraction of sp³-hybridized carbons (Fsp3) is 0.556. The Kier molecular flexibility index (Phi) is 5.75. The van der Waals surface area contributed by atoms with E-state index in [0.29, 0.717) is 44.1 Å². The largest absolute Gasteiger partial charge is 0.389 e. The number of urea groups is 1. The molecule has 2 atom stereocenters. The number of carbonyl (C=O) groups excluding carboxylic acids is 2. The highest BCUT2D eigenvalue weighted by molar-refractivity contribution is 5.96. The Morgan fingerprint density at radius 3 is 2.73 bits per heavy atom. The normalized spacial score (nSPS) is 24.3. The number of aryl methyl sites for hydroxylation is 1. The number of nitrogens with zero attached hydrogens (tertiary/aromatic N) is 2. The smallest absolute Gasteiger partial charge is 0.321 e. The third-order valence-electron chi connectivity index (χ3n) is 5.07. The van der Waals surface area contributed by atoms with Crippen molar-refractivity contribution in [3.8, 4) is 0 Å². The molecule has 8 nitrogen and oxygen atoms in total. The highest BCUT2D eigenvalue weighted by Gasteiger charge is 2.33. The number of primary amides is 1. The van der Waals surface area contributed by atoms with Crippen LogP contribution in [0.5, 0.6) is 0 Å². The van der Waals surface area contributed by atoms with Crippen molar-refractivity contribution in [3.05, 3.63) is 29.3 Å². The topological polar surface area (TPSA) is 108 Å². The predicted molar refractivity (Wildman–Crippen MR) is 97.1 cm³/mol. The van der Waals surface area contributed by atoms with Crippen molar-refractivity contribution in [2.24, 2.45) is 5.73 Å². The molecule has 1 aromatic rings. The Morgan fingerprint density at radius 2 is 2.04 bits per heavy atom. The van der Waals surface area contributed by atoms with Crippen LogP contribution in [0.1, 0.15) is 22.3 Å². The van der Waals surface area contributed by atoms with E-state index in [2.05, 4.69) is 10.2 Å². The number of hydrogen-bond acceptors (Lipinski definition) is 5. The molecule has 3 rings (SSSR count). The summed E-state index contributed by atoms with van der Waals surface area (Å²) in [5.41, 5.74) is 7.14. The van der Waals surface area contributed by atoms with Crippen molar-refractivity contribution in [1.82, 2.24) is 9.80 Å². The molecule has 0 radical (unpaired) electrons. The second kappa shape index (κ2) is 8.03. The Hall–Kier alpha value is -2.16. The molecule has 4 N–H and O–H groups in total. The monoisotopic (exact) mass is 362 g/mol. The Balaban J connectivity index is 1.62.